The van der Waals surface area contributed by atoms with E-state index in [1.807, 2.05) is 12.1 Å². The van der Waals surface area contributed by atoms with Gasteiger partial charge in [0.25, 0.3) is 0 Å². The molecular formula is C21H31NO4. The fraction of sp³-hybridized carbons (Fsp3) is 0.619. The van der Waals surface area contributed by atoms with Crippen molar-refractivity contribution in [2.24, 2.45) is 0 Å². The Morgan fingerprint density at radius 1 is 1.23 bits per heavy atom. The molecule has 1 heterocycles. The largest absolute Gasteiger partial charge is 0.444 e. The third kappa shape index (κ3) is 6.13. The van der Waals surface area contributed by atoms with Gasteiger partial charge in [-0.1, -0.05) is 37.6 Å². The van der Waals surface area contributed by atoms with Gasteiger partial charge in [-0.15, -0.1) is 0 Å². The summed E-state index contributed by atoms with van der Waals surface area (Å²) in [6, 6.07) is 7.57. The smallest absolute Gasteiger partial charge is 0.408 e. The van der Waals surface area contributed by atoms with Crippen LogP contribution in [0.1, 0.15) is 58.6 Å². The molecule has 1 aromatic carbocycles. The van der Waals surface area contributed by atoms with E-state index in [0.717, 1.165) is 24.8 Å². The molecule has 0 bridgehead atoms. The number of carbonyl (C=O) groups is 2. The van der Waals surface area contributed by atoms with Crippen molar-refractivity contribution in [3.63, 3.8) is 0 Å². The normalized spacial score (nSPS) is 20.3. The molecule has 0 unspecified atom stereocenters. The number of amides is 1. The molecule has 1 aliphatic rings. The van der Waals surface area contributed by atoms with Gasteiger partial charge < -0.3 is 14.8 Å². The van der Waals surface area contributed by atoms with Crippen LogP contribution in [0.15, 0.2) is 24.3 Å². The molecule has 26 heavy (non-hydrogen) atoms. The molecule has 5 nitrogen and oxygen atoms in total. The van der Waals surface area contributed by atoms with Gasteiger partial charge in [0.15, 0.2) is 5.78 Å². The number of ketones is 1. The van der Waals surface area contributed by atoms with Gasteiger partial charge in [0.05, 0.1) is 12.6 Å². The topological polar surface area (TPSA) is 67.9 Å². The minimum absolute atomic E-state index is 0.113. The molecule has 1 saturated heterocycles. The van der Waals surface area contributed by atoms with E-state index in [2.05, 4.69) is 24.4 Å². The van der Waals surface area contributed by atoms with Crippen molar-refractivity contribution in [1.29, 1.82) is 0 Å². The first-order valence-electron chi connectivity index (χ1n) is 9.38. The Kier molecular flexibility index (Phi) is 6.45. The summed E-state index contributed by atoms with van der Waals surface area (Å²) >= 11 is 0. The van der Waals surface area contributed by atoms with Gasteiger partial charge >= 0.3 is 6.09 Å². The number of epoxide rings is 1. The van der Waals surface area contributed by atoms with Crippen LogP contribution >= 0.6 is 0 Å². The Labute approximate surface area is 156 Å². The number of aryl methyl sites for hydroxylation is 1. The van der Waals surface area contributed by atoms with Crippen LogP contribution in [0.25, 0.3) is 0 Å². The van der Waals surface area contributed by atoms with Gasteiger partial charge in [-0.05, 0) is 58.1 Å². The fourth-order valence-corrected chi connectivity index (χ4v) is 2.74. The van der Waals surface area contributed by atoms with Crippen molar-refractivity contribution < 1.29 is 19.1 Å². The summed E-state index contributed by atoms with van der Waals surface area (Å²) in [4.78, 5) is 24.9. The van der Waals surface area contributed by atoms with Gasteiger partial charge in [0, 0.05) is 0 Å². The molecule has 1 amide bonds. The van der Waals surface area contributed by atoms with Crippen LogP contribution in [0.4, 0.5) is 4.79 Å². The van der Waals surface area contributed by atoms with Crippen LogP contribution in [0, 0.1) is 0 Å². The molecule has 2 rings (SSSR count). The number of nitrogens with one attached hydrogen (secondary N) is 1. The van der Waals surface area contributed by atoms with Crippen molar-refractivity contribution in [2.45, 2.75) is 77.5 Å². The minimum Gasteiger partial charge on any atom is -0.444 e. The Balaban J connectivity index is 2.06. The number of benzene rings is 1. The quantitative estimate of drug-likeness (QED) is 0.715. The summed E-state index contributed by atoms with van der Waals surface area (Å²) in [6.07, 6.45) is 3.22. The number of rotatable bonds is 8. The first kappa shape index (κ1) is 20.4. The zero-order valence-corrected chi connectivity index (χ0v) is 16.6. The molecule has 144 valence electrons. The van der Waals surface area contributed by atoms with E-state index in [-0.39, 0.29) is 5.78 Å². The zero-order chi connectivity index (χ0) is 19.4. The molecule has 1 aromatic rings. The van der Waals surface area contributed by atoms with E-state index < -0.39 is 23.3 Å². The molecule has 0 saturated carbocycles. The van der Waals surface area contributed by atoms with Crippen LogP contribution < -0.4 is 5.32 Å². The highest BCUT2D eigenvalue weighted by Crippen LogP contribution is 2.29. The summed E-state index contributed by atoms with van der Waals surface area (Å²) in [5.41, 5.74) is 0.888. The fourth-order valence-electron chi connectivity index (χ4n) is 2.74. The van der Waals surface area contributed by atoms with E-state index in [1.54, 1.807) is 27.7 Å². The summed E-state index contributed by atoms with van der Waals surface area (Å²) < 4.78 is 10.6. The molecule has 0 spiro atoms. The number of Topliss-reactive ketones (excluding diaryl/α,β-unsaturated/α-hetero) is 1. The SMILES string of the molecule is CCCCc1ccc(C[C@H](NC(=O)OC(C)(C)C)C(=O)[C@]2(C)CO2)cc1. The standard InChI is InChI=1S/C21H31NO4/c1-6-7-8-15-9-11-16(12-10-15)13-17(18(23)21(5)14-25-21)22-19(24)26-20(2,3)4/h9-12,17H,6-8,13-14H2,1-5H3,(H,22,24)/t17-,21-/m0/s1. The third-order valence-corrected chi connectivity index (χ3v) is 4.39. The molecule has 1 fully saturated rings. The minimum atomic E-state index is -0.791. The molecular weight excluding hydrogens is 330 g/mol. The summed E-state index contributed by atoms with van der Waals surface area (Å²) in [5.74, 6) is -0.113. The summed E-state index contributed by atoms with van der Waals surface area (Å²) in [7, 11) is 0. The van der Waals surface area contributed by atoms with E-state index in [0.29, 0.717) is 13.0 Å². The Morgan fingerprint density at radius 3 is 2.31 bits per heavy atom. The van der Waals surface area contributed by atoms with E-state index in [4.69, 9.17) is 9.47 Å². The second kappa shape index (κ2) is 8.21. The molecule has 2 atom stereocenters. The van der Waals surface area contributed by atoms with Crippen LogP contribution in [0.5, 0.6) is 0 Å². The van der Waals surface area contributed by atoms with E-state index in [9.17, 15) is 9.59 Å². The Hall–Kier alpha value is -1.88. The lowest BCUT2D eigenvalue weighted by molar-refractivity contribution is -0.125. The van der Waals surface area contributed by atoms with Crippen LogP contribution in [0.2, 0.25) is 0 Å². The third-order valence-electron chi connectivity index (χ3n) is 4.39. The average molecular weight is 361 g/mol. The average Bonchev–Trinajstić information content (AvgIpc) is 3.30. The highest BCUT2D eigenvalue weighted by molar-refractivity contribution is 5.96. The van der Waals surface area contributed by atoms with E-state index in [1.165, 1.54) is 5.56 Å². The van der Waals surface area contributed by atoms with Gasteiger partial charge in [0.2, 0.25) is 0 Å². The molecule has 1 aliphatic heterocycles. The molecule has 0 radical (unpaired) electrons. The summed E-state index contributed by atoms with van der Waals surface area (Å²) in [6.45, 7) is 9.71. The number of hydrogen-bond donors (Lipinski definition) is 1. The van der Waals surface area contributed by atoms with Crippen molar-refractivity contribution >= 4 is 11.9 Å². The lowest BCUT2D eigenvalue weighted by atomic mass is 9.94. The zero-order valence-electron chi connectivity index (χ0n) is 16.6. The highest BCUT2D eigenvalue weighted by Gasteiger charge is 2.50. The number of hydrogen-bond acceptors (Lipinski definition) is 4. The predicted octanol–water partition coefficient (Wildman–Crippen LogP) is 3.82. The molecule has 0 aromatic heterocycles. The van der Waals surface area contributed by atoms with Crippen LogP contribution in [0.3, 0.4) is 0 Å². The van der Waals surface area contributed by atoms with Gasteiger partial charge in [-0.2, -0.15) is 0 Å². The van der Waals surface area contributed by atoms with Crippen LogP contribution in [-0.2, 0) is 27.1 Å². The first-order valence-corrected chi connectivity index (χ1v) is 9.38. The number of unbranched alkanes of at least 4 members (excludes halogenated alkanes) is 1. The van der Waals surface area contributed by atoms with Crippen LogP contribution in [-0.4, -0.2) is 35.7 Å². The lowest BCUT2D eigenvalue weighted by Gasteiger charge is -2.24. The predicted molar refractivity (Wildman–Crippen MR) is 101 cm³/mol. The van der Waals surface area contributed by atoms with Crippen molar-refractivity contribution in [3.05, 3.63) is 35.4 Å². The lowest BCUT2D eigenvalue weighted by Crippen LogP contribution is -2.48. The maximum Gasteiger partial charge on any atom is 0.408 e. The Morgan fingerprint density at radius 2 is 1.81 bits per heavy atom. The molecule has 0 aliphatic carbocycles. The maximum atomic E-state index is 12.7. The molecule has 1 N–H and O–H groups in total. The molecule has 5 heteroatoms. The van der Waals surface area contributed by atoms with Crippen molar-refractivity contribution in [3.8, 4) is 0 Å². The van der Waals surface area contributed by atoms with Gasteiger partial charge in [-0.3, -0.25) is 4.79 Å². The number of alkyl carbamates (subject to hydrolysis) is 1. The van der Waals surface area contributed by atoms with Gasteiger partial charge in [-0.25, -0.2) is 4.79 Å². The number of ether oxygens (including phenoxy) is 2. The monoisotopic (exact) mass is 361 g/mol. The van der Waals surface area contributed by atoms with Crippen molar-refractivity contribution in [2.75, 3.05) is 6.61 Å². The summed E-state index contributed by atoms with van der Waals surface area (Å²) in [5, 5.41) is 2.73. The second-order valence-electron chi connectivity index (χ2n) is 8.21. The first-order chi connectivity index (χ1) is 12.1. The maximum absolute atomic E-state index is 12.7. The van der Waals surface area contributed by atoms with Crippen molar-refractivity contribution in [1.82, 2.24) is 5.32 Å². The number of carbonyl (C=O) groups excluding carboxylic acids is 2. The van der Waals surface area contributed by atoms with Gasteiger partial charge in [0.1, 0.15) is 11.2 Å². The highest BCUT2D eigenvalue weighted by atomic mass is 16.6. The van der Waals surface area contributed by atoms with E-state index >= 15 is 0 Å². The second-order valence-corrected chi connectivity index (χ2v) is 8.21. The Bertz CT molecular complexity index is 626.